The third-order valence-electron chi connectivity index (χ3n) is 14.0. The van der Waals surface area contributed by atoms with E-state index in [0.717, 1.165) is 4.90 Å². The van der Waals surface area contributed by atoms with Gasteiger partial charge in [0.25, 0.3) is 11.7 Å². The van der Waals surface area contributed by atoms with Gasteiger partial charge >= 0.3 is 5.97 Å². The molecule has 1 saturated carbocycles. The number of carbonyl (C=O) groups is 5. The number of cyclic esters (lactones) is 1. The second-order valence-corrected chi connectivity index (χ2v) is 19.2. The maximum absolute atomic E-state index is 14.3. The Kier molecular flexibility index (Phi) is 19.7. The summed E-state index contributed by atoms with van der Waals surface area (Å²) in [5.74, 6) is -8.87. The molecule has 3 aliphatic heterocycles. The fourth-order valence-electron chi connectivity index (χ4n) is 9.62. The molecule has 15 atom stereocenters. The molecule has 354 valence electrons. The number of methoxy groups -OCH3 is 1. The van der Waals surface area contributed by atoms with Crippen LogP contribution in [0, 0.1) is 35.5 Å². The van der Waals surface area contributed by atoms with Crippen LogP contribution in [0.5, 0.6) is 0 Å². The van der Waals surface area contributed by atoms with Crippen molar-refractivity contribution in [3.63, 3.8) is 0 Å². The van der Waals surface area contributed by atoms with Crippen LogP contribution in [0.15, 0.2) is 47.6 Å². The summed E-state index contributed by atoms with van der Waals surface area (Å²) in [6.07, 6.45) is 8.19. The fourth-order valence-corrected chi connectivity index (χ4v) is 9.62. The van der Waals surface area contributed by atoms with Gasteiger partial charge in [0.15, 0.2) is 5.78 Å². The summed E-state index contributed by atoms with van der Waals surface area (Å²) in [5.41, 5.74) is 0.841. The van der Waals surface area contributed by atoms with Gasteiger partial charge in [-0.25, -0.2) is 4.79 Å². The van der Waals surface area contributed by atoms with Gasteiger partial charge in [-0.05, 0) is 107 Å². The quantitative estimate of drug-likeness (QED) is 0.145. The summed E-state index contributed by atoms with van der Waals surface area (Å²) in [7, 11) is 1.55. The fraction of sp³-hybridized carbons (Fsp3) is 0.735. The molecule has 3 fully saturated rings. The first kappa shape index (κ1) is 52.3. The lowest BCUT2D eigenvalue weighted by molar-refractivity contribution is -0.265. The molecule has 1 amide bonds. The molecule has 0 unspecified atom stereocenters. The first-order valence-electron chi connectivity index (χ1n) is 23.2. The number of Topliss-reactive ketones (excluding diaryl/α,β-unsaturated/α-hetero) is 3. The third kappa shape index (κ3) is 13.8. The topological polar surface area (TPSA) is 217 Å². The largest absolute Gasteiger partial charge is 0.460 e. The zero-order chi connectivity index (χ0) is 46.8. The Labute approximate surface area is 373 Å². The number of rotatable bonds is 4. The summed E-state index contributed by atoms with van der Waals surface area (Å²) in [6.45, 7) is 12.1. The highest BCUT2D eigenvalue weighted by atomic mass is 16.6. The standard InChI is InChI=1S/C49H75NO13/c1-28-14-10-9-11-15-29(2)39(52)26-36-19-17-34(7)49(60,63-36)46(57)47(58)50-21-13-12-16-37(50)48(59)62-41(31(4)24-35-18-20-38(51)42(25-35)61-8)27-40(53)30(3)23-33(6)44(55)45(56)43(54)32(5)22-28/h9-11,14-15,23,28,30-32,34-39,41-42,44-45,51-52,55-56,60H,12-13,16-22,24-27H2,1-8H3/b11-9+,14-10+,29-15+,33-23+/t28-,30-,31-,32-,34-,35+,36+,37+,38-,39+,41+,42-,44-,45+,49-/m1/s1. The lowest BCUT2D eigenvalue weighted by atomic mass is 9.78. The van der Waals surface area contributed by atoms with E-state index in [-0.39, 0.29) is 61.0 Å². The molecule has 4 rings (SSSR count). The molecule has 1 aliphatic carbocycles. The van der Waals surface area contributed by atoms with Crippen LogP contribution in [0.4, 0.5) is 0 Å². The minimum Gasteiger partial charge on any atom is -0.460 e. The molecule has 2 saturated heterocycles. The summed E-state index contributed by atoms with van der Waals surface area (Å²) in [6, 6.07) is -1.17. The van der Waals surface area contributed by atoms with Gasteiger partial charge in [-0.15, -0.1) is 0 Å². The first-order chi connectivity index (χ1) is 29.7. The van der Waals surface area contributed by atoms with Gasteiger partial charge in [-0.2, -0.15) is 0 Å². The Morgan fingerprint density at radius 3 is 2.27 bits per heavy atom. The zero-order valence-electron chi connectivity index (χ0n) is 38.7. The molecule has 2 bridgehead atoms. The average Bonchev–Trinajstić information content (AvgIpc) is 3.25. The van der Waals surface area contributed by atoms with Gasteiger partial charge in [0.1, 0.15) is 30.1 Å². The van der Waals surface area contributed by atoms with Crippen LogP contribution in [0.25, 0.3) is 0 Å². The van der Waals surface area contributed by atoms with Gasteiger partial charge in [0.05, 0.1) is 24.4 Å². The molecule has 0 radical (unpaired) electrons. The monoisotopic (exact) mass is 886 g/mol. The summed E-state index contributed by atoms with van der Waals surface area (Å²) in [5, 5.41) is 55.4. The van der Waals surface area contributed by atoms with E-state index in [4.69, 9.17) is 14.2 Å². The maximum atomic E-state index is 14.3. The maximum Gasteiger partial charge on any atom is 0.329 e. The molecule has 3 heterocycles. The molecule has 0 aromatic carbocycles. The van der Waals surface area contributed by atoms with Crippen LogP contribution < -0.4 is 0 Å². The highest BCUT2D eigenvalue weighted by molar-refractivity contribution is 6.39. The van der Waals surface area contributed by atoms with Crippen LogP contribution in [-0.4, -0.2) is 128 Å². The van der Waals surface area contributed by atoms with E-state index in [1.807, 2.05) is 26.0 Å². The second-order valence-electron chi connectivity index (χ2n) is 19.2. The number of aliphatic hydroxyl groups is 5. The van der Waals surface area contributed by atoms with Crippen LogP contribution in [-0.2, 0) is 38.2 Å². The van der Waals surface area contributed by atoms with Crippen molar-refractivity contribution >= 4 is 29.2 Å². The number of ether oxygens (including phenoxy) is 3. The third-order valence-corrected chi connectivity index (χ3v) is 14.0. The molecule has 4 aliphatic rings. The van der Waals surface area contributed by atoms with Gasteiger partial charge in [-0.3, -0.25) is 19.2 Å². The number of carbonyl (C=O) groups excluding carboxylic acids is 5. The number of hydrogen-bond donors (Lipinski definition) is 5. The minimum atomic E-state index is -2.49. The second kappa shape index (κ2) is 23.7. The van der Waals surface area contributed by atoms with Crippen molar-refractivity contribution in [2.45, 2.75) is 180 Å². The van der Waals surface area contributed by atoms with Crippen LogP contribution in [0.2, 0.25) is 0 Å². The molecule has 14 heteroatoms. The van der Waals surface area contributed by atoms with Crippen LogP contribution in [0.3, 0.4) is 0 Å². The molecular formula is C49H75NO13. The van der Waals surface area contributed by atoms with Crippen molar-refractivity contribution in [1.82, 2.24) is 4.90 Å². The number of piperidine rings is 1. The van der Waals surface area contributed by atoms with Crippen LogP contribution >= 0.6 is 0 Å². The Balaban J connectivity index is 1.67. The van der Waals surface area contributed by atoms with Crippen molar-refractivity contribution in [2.75, 3.05) is 13.7 Å². The van der Waals surface area contributed by atoms with Crippen LogP contribution in [0.1, 0.15) is 126 Å². The molecule has 14 nitrogen and oxygen atoms in total. The average molecular weight is 886 g/mol. The van der Waals surface area contributed by atoms with Crippen molar-refractivity contribution in [1.29, 1.82) is 0 Å². The van der Waals surface area contributed by atoms with E-state index < -0.39 is 89.6 Å². The molecule has 5 N–H and O–H groups in total. The number of aliphatic hydroxyl groups excluding tert-OH is 4. The predicted octanol–water partition coefficient (Wildman–Crippen LogP) is 4.87. The van der Waals surface area contributed by atoms with Crippen molar-refractivity contribution in [3.05, 3.63) is 47.6 Å². The normalized spacial score (nSPS) is 41.3. The smallest absolute Gasteiger partial charge is 0.329 e. The molecule has 0 aromatic heterocycles. The number of amides is 1. The number of hydrogen-bond acceptors (Lipinski definition) is 13. The van der Waals surface area contributed by atoms with E-state index >= 15 is 0 Å². The van der Waals surface area contributed by atoms with E-state index in [2.05, 4.69) is 0 Å². The highest BCUT2D eigenvalue weighted by Gasteiger charge is 2.53. The molecular weight excluding hydrogens is 811 g/mol. The van der Waals surface area contributed by atoms with E-state index in [1.165, 1.54) is 6.08 Å². The molecule has 63 heavy (non-hydrogen) atoms. The van der Waals surface area contributed by atoms with E-state index in [9.17, 15) is 49.5 Å². The minimum absolute atomic E-state index is 0.0566. The number of allylic oxidation sites excluding steroid dienone is 6. The lowest BCUT2D eigenvalue weighted by Crippen LogP contribution is -2.61. The number of nitrogens with zero attached hydrogens (tertiary/aromatic N) is 1. The summed E-state index contributed by atoms with van der Waals surface area (Å²) < 4.78 is 17.7. The number of esters is 1. The van der Waals surface area contributed by atoms with Gasteiger partial charge in [-0.1, -0.05) is 71.1 Å². The molecule has 0 aromatic rings. The van der Waals surface area contributed by atoms with Gasteiger partial charge < -0.3 is 44.6 Å². The lowest BCUT2D eigenvalue weighted by Gasteiger charge is -2.42. The summed E-state index contributed by atoms with van der Waals surface area (Å²) >= 11 is 0. The summed E-state index contributed by atoms with van der Waals surface area (Å²) in [4.78, 5) is 70.9. The Morgan fingerprint density at radius 1 is 0.857 bits per heavy atom. The predicted molar refractivity (Wildman–Crippen MR) is 236 cm³/mol. The number of ketones is 3. The SMILES string of the molecule is CO[C@@H]1C[C@H](C[C@@H](C)[C@@H]2CC(=O)[C@H](C)/C=C(\C)[C@@H](O)[C@@H](O)C(=O)[C@H](C)C[C@H](C)/C=C/C=C/C=C(\C)[C@@H](O)C[C@@H]3CC[C@@H](C)[C@@](O)(O3)C(=O)C(=O)N3CCCC[C@H]3C(=O)O2)CC[C@H]1O. The van der Waals surface area contributed by atoms with E-state index in [0.29, 0.717) is 63.4 Å². The zero-order valence-corrected chi connectivity index (χ0v) is 38.7. The Bertz CT molecular complexity index is 1720. The van der Waals surface area contributed by atoms with E-state index in [1.54, 1.807) is 60.0 Å². The Hall–Kier alpha value is -3.37. The number of fused-ring (bicyclic) bond motifs is 3. The van der Waals surface area contributed by atoms with Crippen molar-refractivity contribution in [2.24, 2.45) is 35.5 Å². The van der Waals surface area contributed by atoms with Crippen molar-refractivity contribution in [3.8, 4) is 0 Å². The molecule has 0 spiro atoms. The van der Waals surface area contributed by atoms with Gasteiger partial charge in [0.2, 0.25) is 5.79 Å². The Morgan fingerprint density at radius 2 is 1.57 bits per heavy atom. The van der Waals surface area contributed by atoms with Crippen molar-refractivity contribution < 1.29 is 63.7 Å². The highest BCUT2D eigenvalue weighted by Crippen LogP contribution is 2.37. The first-order valence-corrected chi connectivity index (χ1v) is 23.2. The van der Waals surface area contributed by atoms with Gasteiger partial charge in [0, 0.05) is 44.2 Å².